The quantitative estimate of drug-likeness (QED) is 0.466. The van der Waals surface area contributed by atoms with Crippen LogP contribution in [0, 0.1) is 6.92 Å². The van der Waals surface area contributed by atoms with Gasteiger partial charge in [0.25, 0.3) is 5.91 Å². The van der Waals surface area contributed by atoms with Crippen LogP contribution in [-0.4, -0.2) is 52.8 Å². The van der Waals surface area contributed by atoms with Crippen molar-refractivity contribution in [1.82, 2.24) is 34.2 Å². The maximum absolute atomic E-state index is 12.7. The highest BCUT2D eigenvalue weighted by atomic mass is 19.4. The summed E-state index contributed by atoms with van der Waals surface area (Å²) in [7, 11) is 0. The number of hydrogen-bond acceptors (Lipinski definition) is 6. The Morgan fingerprint density at radius 2 is 2.06 bits per heavy atom. The van der Waals surface area contributed by atoms with Gasteiger partial charge < -0.3 is 10.1 Å². The monoisotopic (exact) mass is 448 g/mol. The topological polar surface area (TPSA) is 104 Å². The molecule has 0 bridgehead atoms. The predicted octanol–water partition coefficient (Wildman–Crippen LogP) is 2.91. The van der Waals surface area contributed by atoms with E-state index in [1.165, 1.54) is 18.5 Å². The van der Waals surface area contributed by atoms with Gasteiger partial charge in [-0.1, -0.05) is 0 Å². The number of carbonyl (C=O) groups is 1. The van der Waals surface area contributed by atoms with E-state index in [-0.39, 0.29) is 11.4 Å². The first kappa shape index (κ1) is 21.5. The average molecular weight is 448 g/mol. The van der Waals surface area contributed by atoms with Crippen molar-refractivity contribution in [2.24, 2.45) is 0 Å². The fraction of sp³-hybridized carbons (Fsp3) is 0.316. The van der Waals surface area contributed by atoms with Crippen molar-refractivity contribution >= 4 is 17.2 Å². The number of fused-ring (bicyclic) bond motifs is 1. The minimum atomic E-state index is -4.42. The molecule has 4 rings (SSSR count). The van der Waals surface area contributed by atoms with Gasteiger partial charge >= 0.3 is 6.18 Å². The van der Waals surface area contributed by atoms with Gasteiger partial charge in [0.05, 0.1) is 30.0 Å². The predicted molar refractivity (Wildman–Crippen MR) is 107 cm³/mol. The summed E-state index contributed by atoms with van der Waals surface area (Å²) in [6, 6.07) is 3.33. The zero-order valence-electron chi connectivity index (χ0n) is 17.2. The van der Waals surface area contributed by atoms with Gasteiger partial charge in [0, 0.05) is 30.1 Å². The Morgan fingerprint density at radius 3 is 2.78 bits per heavy atom. The van der Waals surface area contributed by atoms with Gasteiger partial charge in [-0.15, -0.1) is 0 Å². The molecular formula is C19H19F3N8O2. The van der Waals surface area contributed by atoms with Crippen LogP contribution in [0.15, 0.2) is 36.9 Å². The van der Waals surface area contributed by atoms with Crippen molar-refractivity contribution < 1.29 is 22.7 Å². The summed E-state index contributed by atoms with van der Waals surface area (Å²) in [6.45, 7) is 2.88. The van der Waals surface area contributed by atoms with Gasteiger partial charge in [0.2, 0.25) is 0 Å². The smallest absolute Gasteiger partial charge is 0.350 e. The normalized spacial score (nSPS) is 11.9. The summed E-state index contributed by atoms with van der Waals surface area (Å²) in [5, 5.41) is 15.2. The molecule has 4 heterocycles. The first-order chi connectivity index (χ1) is 15.2. The lowest BCUT2D eigenvalue weighted by atomic mass is 10.2. The van der Waals surface area contributed by atoms with E-state index in [9.17, 15) is 18.0 Å². The van der Waals surface area contributed by atoms with Crippen LogP contribution in [0.3, 0.4) is 0 Å². The molecule has 1 N–H and O–H groups in total. The van der Waals surface area contributed by atoms with Crippen LogP contribution in [0.1, 0.15) is 23.1 Å². The Morgan fingerprint density at radius 1 is 1.25 bits per heavy atom. The first-order valence-electron chi connectivity index (χ1n) is 9.61. The molecule has 0 spiro atoms. The van der Waals surface area contributed by atoms with E-state index in [0.717, 1.165) is 28.2 Å². The summed E-state index contributed by atoms with van der Waals surface area (Å²) >= 11 is 0. The third kappa shape index (κ3) is 4.46. The highest BCUT2D eigenvalue weighted by molar-refractivity contribution is 6.03. The standard InChI is InChI=1S/C19H19F3N8O2/c1-3-29-12(2)14(8-25-29)16-4-5-23-17-6-15(27-30(16)17)18(31)26-13-7-24-28(9-13)11-32-10-19(20,21)22/h4-9H,3,10-11H2,1-2H3,(H,26,31). The number of halogens is 3. The maximum atomic E-state index is 12.7. The second-order valence-corrected chi connectivity index (χ2v) is 6.90. The van der Waals surface area contributed by atoms with Gasteiger partial charge in [-0.3, -0.25) is 9.48 Å². The van der Waals surface area contributed by atoms with Crippen molar-refractivity contribution in [3.8, 4) is 11.3 Å². The molecule has 32 heavy (non-hydrogen) atoms. The SMILES string of the molecule is CCn1ncc(-c2ccnc3cc(C(=O)Nc4cnn(COCC(F)(F)F)c4)nn23)c1C. The molecule has 13 heteroatoms. The lowest BCUT2D eigenvalue weighted by molar-refractivity contribution is -0.182. The molecule has 4 aromatic rings. The van der Waals surface area contributed by atoms with Crippen molar-refractivity contribution in [2.45, 2.75) is 33.3 Å². The number of hydrogen-bond donors (Lipinski definition) is 1. The second-order valence-electron chi connectivity index (χ2n) is 6.90. The summed E-state index contributed by atoms with van der Waals surface area (Å²) < 4.78 is 45.6. The van der Waals surface area contributed by atoms with Crippen molar-refractivity contribution in [3.05, 3.63) is 48.3 Å². The van der Waals surface area contributed by atoms with Gasteiger partial charge in [-0.05, 0) is 19.9 Å². The van der Waals surface area contributed by atoms with Crippen molar-refractivity contribution in [3.63, 3.8) is 0 Å². The van der Waals surface area contributed by atoms with E-state index < -0.39 is 25.4 Å². The second kappa shape index (κ2) is 8.42. The van der Waals surface area contributed by atoms with E-state index in [1.807, 2.05) is 18.5 Å². The zero-order valence-corrected chi connectivity index (χ0v) is 17.2. The van der Waals surface area contributed by atoms with Crippen LogP contribution in [-0.2, 0) is 18.0 Å². The molecule has 0 saturated carbocycles. The van der Waals surface area contributed by atoms with Crippen molar-refractivity contribution in [1.29, 1.82) is 0 Å². The number of amides is 1. The molecule has 0 fully saturated rings. The van der Waals surface area contributed by atoms with E-state index >= 15 is 0 Å². The Balaban J connectivity index is 1.51. The van der Waals surface area contributed by atoms with Gasteiger partial charge in [0.15, 0.2) is 11.3 Å². The number of carbonyl (C=O) groups excluding carboxylic acids is 1. The minimum absolute atomic E-state index is 0.117. The third-order valence-corrected chi connectivity index (χ3v) is 4.65. The Bertz CT molecular complexity index is 1260. The van der Waals surface area contributed by atoms with Crippen LogP contribution in [0.25, 0.3) is 16.9 Å². The maximum Gasteiger partial charge on any atom is 0.411 e. The molecular weight excluding hydrogens is 429 g/mol. The lowest BCUT2D eigenvalue weighted by Crippen LogP contribution is -2.18. The molecule has 4 aromatic heterocycles. The Labute approximate surface area is 179 Å². The molecule has 0 saturated heterocycles. The van der Waals surface area contributed by atoms with Crippen LogP contribution in [0.4, 0.5) is 18.9 Å². The van der Waals surface area contributed by atoms with E-state index in [4.69, 9.17) is 0 Å². The molecule has 0 aliphatic carbocycles. The number of anilines is 1. The number of aromatic nitrogens is 7. The molecule has 1 amide bonds. The highest BCUT2D eigenvalue weighted by Crippen LogP contribution is 2.24. The summed E-state index contributed by atoms with van der Waals surface area (Å²) in [5.41, 5.74) is 3.45. The number of nitrogens with one attached hydrogen (secondary N) is 1. The van der Waals surface area contributed by atoms with Crippen LogP contribution >= 0.6 is 0 Å². The van der Waals surface area contributed by atoms with E-state index in [2.05, 4.69) is 30.3 Å². The molecule has 0 unspecified atom stereocenters. The van der Waals surface area contributed by atoms with E-state index in [1.54, 1.807) is 23.0 Å². The van der Waals surface area contributed by atoms with Crippen LogP contribution < -0.4 is 5.32 Å². The van der Waals surface area contributed by atoms with Crippen LogP contribution in [0.2, 0.25) is 0 Å². The first-order valence-corrected chi connectivity index (χ1v) is 9.61. The Kier molecular flexibility index (Phi) is 5.65. The molecule has 0 atom stereocenters. The van der Waals surface area contributed by atoms with Gasteiger partial charge in [-0.2, -0.15) is 28.5 Å². The minimum Gasteiger partial charge on any atom is -0.350 e. The molecule has 0 aromatic carbocycles. The lowest BCUT2D eigenvalue weighted by Gasteiger charge is -2.07. The number of alkyl halides is 3. The largest absolute Gasteiger partial charge is 0.411 e. The molecule has 0 aliphatic rings. The van der Waals surface area contributed by atoms with Crippen LogP contribution in [0.5, 0.6) is 0 Å². The molecule has 10 nitrogen and oxygen atoms in total. The number of aryl methyl sites for hydroxylation is 1. The van der Waals surface area contributed by atoms with Gasteiger partial charge in [0.1, 0.15) is 13.3 Å². The average Bonchev–Trinajstić information content (AvgIpc) is 3.45. The fourth-order valence-electron chi connectivity index (χ4n) is 3.18. The summed E-state index contributed by atoms with van der Waals surface area (Å²) in [4.78, 5) is 16.9. The number of ether oxygens (including phenoxy) is 1. The third-order valence-electron chi connectivity index (χ3n) is 4.65. The molecule has 0 radical (unpaired) electrons. The van der Waals surface area contributed by atoms with E-state index in [0.29, 0.717) is 5.65 Å². The highest BCUT2D eigenvalue weighted by Gasteiger charge is 2.27. The van der Waals surface area contributed by atoms with Crippen molar-refractivity contribution in [2.75, 3.05) is 11.9 Å². The molecule has 168 valence electrons. The molecule has 0 aliphatic heterocycles. The Hall–Kier alpha value is -3.74. The summed E-state index contributed by atoms with van der Waals surface area (Å²) in [5.74, 6) is -0.516. The number of nitrogens with zero attached hydrogens (tertiary/aromatic N) is 7. The number of rotatable bonds is 7. The summed E-state index contributed by atoms with van der Waals surface area (Å²) in [6.07, 6.45) is 1.60. The fourth-order valence-corrected chi connectivity index (χ4v) is 3.18. The van der Waals surface area contributed by atoms with Gasteiger partial charge in [-0.25, -0.2) is 14.2 Å². The zero-order chi connectivity index (χ0) is 22.9.